The minimum atomic E-state index is -0.380. The predicted molar refractivity (Wildman–Crippen MR) is 63.5 cm³/mol. The maximum atomic E-state index is 11.0. The van der Waals surface area contributed by atoms with Crippen LogP contribution in [0.3, 0.4) is 0 Å². The minimum Gasteiger partial charge on any atom is -0.420 e. The molecular formula is C10H9BrN4O2. The van der Waals surface area contributed by atoms with Gasteiger partial charge in [0.05, 0.1) is 0 Å². The van der Waals surface area contributed by atoms with Crippen molar-refractivity contribution in [2.45, 2.75) is 6.42 Å². The van der Waals surface area contributed by atoms with E-state index in [-0.39, 0.29) is 18.2 Å². The normalized spacial score (nSPS) is 10.2. The Kier molecular flexibility index (Phi) is 3.50. The third-order valence-electron chi connectivity index (χ3n) is 2.01. The first-order valence-corrected chi connectivity index (χ1v) is 5.56. The molecule has 0 aliphatic heterocycles. The fraction of sp³-hybridized carbons (Fsp3) is 0.100. The van der Waals surface area contributed by atoms with Gasteiger partial charge in [-0.15, -0.1) is 10.2 Å². The topological polar surface area (TPSA) is 94.0 Å². The van der Waals surface area contributed by atoms with Crippen LogP contribution in [0, 0.1) is 0 Å². The molecule has 0 aliphatic carbocycles. The van der Waals surface area contributed by atoms with Crippen molar-refractivity contribution in [2.24, 2.45) is 5.84 Å². The van der Waals surface area contributed by atoms with Gasteiger partial charge in [0.1, 0.15) is 6.42 Å². The second-order valence-electron chi connectivity index (χ2n) is 3.26. The van der Waals surface area contributed by atoms with Crippen LogP contribution in [0.2, 0.25) is 0 Å². The van der Waals surface area contributed by atoms with Crippen LogP contribution in [0.1, 0.15) is 5.89 Å². The van der Waals surface area contributed by atoms with Crippen LogP contribution in [0.4, 0.5) is 0 Å². The summed E-state index contributed by atoms with van der Waals surface area (Å²) in [4.78, 5) is 11.0. The first-order valence-electron chi connectivity index (χ1n) is 4.77. The Labute approximate surface area is 105 Å². The van der Waals surface area contributed by atoms with E-state index in [9.17, 15) is 4.79 Å². The summed E-state index contributed by atoms with van der Waals surface area (Å²) in [5, 5.41) is 7.62. The second kappa shape index (κ2) is 5.07. The van der Waals surface area contributed by atoms with Crippen molar-refractivity contribution in [1.82, 2.24) is 15.6 Å². The maximum absolute atomic E-state index is 11.0. The molecule has 1 amide bonds. The quantitative estimate of drug-likeness (QED) is 0.501. The summed E-state index contributed by atoms with van der Waals surface area (Å²) >= 11 is 3.35. The lowest BCUT2D eigenvalue weighted by molar-refractivity contribution is -0.120. The van der Waals surface area contributed by atoms with Crippen molar-refractivity contribution in [2.75, 3.05) is 0 Å². The number of benzene rings is 1. The highest BCUT2D eigenvalue weighted by Crippen LogP contribution is 2.21. The molecule has 7 heteroatoms. The number of aromatic nitrogens is 2. The Morgan fingerprint density at radius 3 is 3.00 bits per heavy atom. The van der Waals surface area contributed by atoms with Crippen LogP contribution in [0.25, 0.3) is 11.5 Å². The van der Waals surface area contributed by atoms with Crippen LogP contribution in [-0.2, 0) is 11.2 Å². The van der Waals surface area contributed by atoms with Crippen LogP contribution in [0.15, 0.2) is 33.2 Å². The molecule has 0 fully saturated rings. The first kappa shape index (κ1) is 11.7. The van der Waals surface area contributed by atoms with Gasteiger partial charge in [0.15, 0.2) is 0 Å². The molecule has 0 saturated carbocycles. The molecule has 1 aromatic heterocycles. The van der Waals surface area contributed by atoms with Crippen molar-refractivity contribution in [3.05, 3.63) is 34.6 Å². The number of rotatable bonds is 3. The molecule has 0 spiro atoms. The zero-order valence-corrected chi connectivity index (χ0v) is 10.3. The Bertz CT molecular complexity index is 541. The van der Waals surface area contributed by atoms with Crippen molar-refractivity contribution < 1.29 is 9.21 Å². The highest BCUT2D eigenvalue weighted by molar-refractivity contribution is 9.10. The molecule has 1 heterocycles. The number of nitrogens with two attached hydrogens (primary N) is 1. The van der Waals surface area contributed by atoms with E-state index in [1.807, 2.05) is 29.7 Å². The number of carbonyl (C=O) groups excluding carboxylic acids is 1. The van der Waals surface area contributed by atoms with Gasteiger partial charge in [-0.2, -0.15) is 0 Å². The molecule has 0 bridgehead atoms. The molecule has 0 unspecified atom stereocenters. The molecule has 6 nitrogen and oxygen atoms in total. The predicted octanol–water partition coefficient (Wildman–Crippen LogP) is 1.03. The monoisotopic (exact) mass is 296 g/mol. The summed E-state index contributed by atoms with van der Waals surface area (Å²) < 4.78 is 6.25. The number of halogens is 1. The van der Waals surface area contributed by atoms with Crippen LogP contribution in [0.5, 0.6) is 0 Å². The summed E-state index contributed by atoms with van der Waals surface area (Å²) in [6, 6.07) is 7.43. The SMILES string of the molecule is NNC(=O)Cc1nnc(-c2cccc(Br)c2)o1. The number of hydrazine groups is 1. The minimum absolute atomic E-state index is 0.0303. The van der Waals surface area contributed by atoms with Gasteiger partial charge in [0.2, 0.25) is 17.7 Å². The molecule has 2 rings (SSSR count). The van der Waals surface area contributed by atoms with Gasteiger partial charge >= 0.3 is 0 Å². The molecule has 0 saturated heterocycles. The van der Waals surface area contributed by atoms with Crippen LogP contribution in [-0.4, -0.2) is 16.1 Å². The Balaban J connectivity index is 2.21. The number of carbonyl (C=O) groups is 1. The van der Waals surface area contributed by atoms with Gasteiger partial charge in [-0.05, 0) is 18.2 Å². The van der Waals surface area contributed by atoms with E-state index >= 15 is 0 Å². The maximum Gasteiger partial charge on any atom is 0.247 e. The van der Waals surface area contributed by atoms with E-state index in [1.165, 1.54) is 0 Å². The second-order valence-corrected chi connectivity index (χ2v) is 4.17. The third kappa shape index (κ3) is 2.89. The molecule has 3 N–H and O–H groups in total. The van der Waals surface area contributed by atoms with Gasteiger partial charge in [-0.1, -0.05) is 22.0 Å². The number of hydrogen-bond acceptors (Lipinski definition) is 5. The molecule has 0 aliphatic rings. The number of nitrogens with one attached hydrogen (secondary N) is 1. The van der Waals surface area contributed by atoms with Gasteiger partial charge in [0, 0.05) is 10.0 Å². The molecule has 0 atom stereocenters. The zero-order valence-electron chi connectivity index (χ0n) is 8.68. The molecule has 2 aromatic rings. The lowest BCUT2D eigenvalue weighted by Crippen LogP contribution is -2.31. The molecular weight excluding hydrogens is 288 g/mol. The zero-order chi connectivity index (χ0) is 12.3. The third-order valence-corrected chi connectivity index (χ3v) is 2.50. The lowest BCUT2D eigenvalue weighted by atomic mass is 10.2. The van der Waals surface area contributed by atoms with E-state index < -0.39 is 0 Å². The van der Waals surface area contributed by atoms with Crippen LogP contribution < -0.4 is 11.3 Å². The van der Waals surface area contributed by atoms with E-state index in [1.54, 1.807) is 0 Å². The van der Waals surface area contributed by atoms with Crippen LogP contribution >= 0.6 is 15.9 Å². The molecule has 1 aromatic carbocycles. The summed E-state index contributed by atoms with van der Waals surface area (Å²) in [7, 11) is 0. The molecule has 17 heavy (non-hydrogen) atoms. The summed E-state index contributed by atoms with van der Waals surface area (Å²) in [5.41, 5.74) is 2.78. The summed E-state index contributed by atoms with van der Waals surface area (Å²) in [6.45, 7) is 0. The van der Waals surface area contributed by atoms with Gasteiger partial charge in [-0.25, -0.2) is 5.84 Å². The lowest BCUT2D eigenvalue weighted by Gasteiger charge is -1.95. The fourth-order valence-corrected chi connectivity index (χ4v) is 1.65. The summed E-state index contributed by atoms with van der Waals surface area (Å²) in [5.74, 6) is 5.17. The number of nitrogens with zero attached hydrogens (tertiary/aromatic N) is 2. The highest BCUT2D eigenvalue weighted by atomic mass is 79.9. The standard InChI is InChI=1S/C10H9BrN4O2/c11-7-3-1-2-6(4-7)10-15-14-9(17-10)5-8(16)13-12/h1-4H,5,12H2,(H,13,16). The number of hydrogen-bond donors (Lipinski definition) is 2. The largest absolute Gasteiger partial charge is 0.420 e. The van der Waals surface area contributed by atoms with Crippen molar-refractivity contribution >= 4 is 21.8 Å². The van der Waals surface area contributed by atoms with E-state index in [0.29, 0.717) is 5.89 Å². The van der Waals surface area contributed by atoms with E-state index in [2.05, 4.69) is 26.1 Å². The Morgan fingerprint density at radius 2 is 2.29 bits per heavy atom. The Morgan fingerprint density at radius 1 is 1.47 bits per heavy atom. The average Bonchev–Trinajstić information content (AvgIpc) is 2.77. The van der Waals surface area contributed by atoms with Crippen molar-refractivity contribution in [3.63, 3.8) is 0 Å². The summed E-state index contributed by atoms with van der Waals surface area (Å²) in [6.07, 6.45) is -0.0303. The fourth-order valence-electron chi connectivity index (χ4n) is 1.25. The number of amides is 1. The van der Waals surface area contributed by atoms with Gasteiger partial charge < -0.3 is 4.42 Å². The smallest absolute Gasteiger partial charge is 0.247 e. The Hall–Kier alpha value is -1.73. The van der Waals surface area contributed by atoms with E-state index in [4.69, 9.17) is 10.3 Å². The van der Waals surface area contributed by atoms with Crippen molar-refractivity contribution in [1.29, 1.82) is 0 Å². The van der Waals surface area contributed by atoms with Crippen molar-refractivity contribution in [3.8, 4) is 11.5 Å². The molecule has 0 radical (unpaired) electrons. The van der Waals surface area contributed by atoms with Gasteiger partial charge in [-0.3, -0.25) is 10.2 Å². The van der Waals surface area contributed by atoms with Gasteiger partial charge in [0.25, 0.3) is 0 Å². The van der Waals surface area contributed by atoms with E-state index in [0.717, 1.165) is 10.0 Å². The first-order chi connectivity index (χ1) is 8.19. The molecule has 88 valence electrons. The average molecular weight is 297 g/mol. The highest BCUT2D eigenvalue weighted by Gasteiger charge is 2.11.